The van der Waals surface area contributed by atoms with E-state index in [1.807, 2.05) is 13.0 Å². The van der Waals surface area contributed by atoms with E-state index >= 15 is 0 Å². The molecule has 104 valence electrons. The highest BCUT2D eigenvalue weighted by molar-refractivity contribution is 5.89. The molecule has 0 spiro atoms. The Morgan fingerprint density at radius 3 is 2.68 bits per heavy atom. The van der Waals surface area contributed by atoms with E-state index in [4.69, 9.17) is 0 Å². The van der Waals surface area contributed by atoms with Crippen LogP contribution in [0.25, 0.3) is 0 Å². The fourth-order valence-electron chi connectivity index (χ4n) is 2.90. The van der Waals surface area contributed by atoms with Crippen molar-refractivity contribution in [3.63, 3.8) is 0 Å². The van der Waals surface area contributed by atoms with Crippen LogP contribution in [-0.4, -0.2) is 16.1 Å². The van der Waals surface area contributed by atoms with Gasteiger partial charge in [0.2, 0.25) is 0 Å². The Labute approximate surface area is 115 Å². The molecule has 1 aromatic rings. The van der Waals surface area contributed by atoms with Gasteiger partial charge in [0.1, 0.15) is 0 Å². The molecule has 0 fully saturated rings. The molecule has 1 aromatic heterocycles. The summed E-state index contributed by atoms with van der Waals surface area (Å²) in [5, 5.41) is 9.28. The number of hydrogen-bond acceptors (Lipinski definition) is 2. The number of carbonyl (C=O) groups is 1. The Bertz CT molecular complexity index is 500. The summed E-state index contributed by atoms with van der Waals surface area (Å²) in [5.41, 5.74) is 3.63. The monoisotopic (exact) mass is 261 g/mol. The molecule has 0 aliphatic heterocycles. The molecule has 1 heterocycles. The summed E-state index contributed by atoms with van der Waals surface area (Å²) in [5.74, 6) is -0.249. The van der Waals surface area contributed by atoms with Crippen molar-refractivity contribution in [3.8, 4) is 0 Å². The Hall–Kier alpha value is -1.38. The van der Waals surface area contributed by atoms with Gasteiger partial charge in [0.25, 0.3) is 0 Å². The van der Waals surface area contributed by atoms with Crippen molar-refractivity contribution >= 4 is 5.97 Å². The lowest BCUT2D eigenvalue weighted by Crippen LogP contribution is -2.28. The number of rotatable bonds is 2. The Morgan fingerprint density at radius 1 is 1.47 bits per heavy atom. The normalized spacial score (nSPS) is 19.1. The molecule has 0 radical (unpaired) electrons. The quantitative estimate of drug-likeness (QED) is 0.886. The van der Waals surface area contributed by atoms with Gasteiger partial charge in [0.05, 0.1) is 11.3 Å². The summed E-state index contributed by atoms with van der Waals surface area (Å²) >= 11 is 0. The Kier molecular flexibility index (Phi) is 3.66. The van der Waals surface area contributed by atoms with Crippen molar-refractivity contribution < 1.29 is 9.90 Å². The fraction of sp³-hybridized carbons (Fsp3) is 0.625. The van der Waals surface area contributed by atoms with Gasteiger partial charge in [-0.1, -0.05) is 27.7 Å². The van der Waals surface area contributed by atoms with Crippen LogP contribution in [0.2, 0.25) is 0 Å². The second kappa shape index (κ2) is 4.95. The van der Waals surface area contributed by atoms with E-state index in [-0.39, 0.29) is 5.41 Å². The molecule has 2 rings (SSSR count). The summed E-state index contributed by atoms with van der Waals surface area (Å²) < 4.78 is 0. The lowest BCUT2D eigenvalue weighted by molar-refractivity contribution is 0.0695. The van der Waals surface area contributed by atoms with E-state index in [1.54, 1.807) is 0 Å². The maximum absolute atomic E-state index is 11.3. The van der Waals surface area contributed by atoms with Gasteiger partial charge < -0.3 is 5.11 Å². The minimum Gasteiger partial charge on any atom is -0.478 e. The maximum atomic E-state index is 11.3. The van der Waals surface area contributed by atoms with Crippen LogP contribution in [0.3, 0.4) is 0 Å². The smallest absolute Gasteiger partial charge is 0.337 e. The third kappa shape index (κ3) is 2.80. The molecule has 0 saturated heterocycles. The second-order valence-corrected chi connectivity index (χ2v) is 6.55. The van der Waals surface area contributed by atoms with Crippen molar-refractivity contribution in [2.45, 2.75) is 53.4 Å². The first-order valence-electron chi connectivity index (χ1n) is 7.08. The summed E-state index contributed by atoms with van der Waals surface area (Å²) in [6.45, 7) is 8.74. The predicted octanol–water partition coefficient (Wildman–Crippen LogP) is 3.49. The molecule has 1 atom stereocenters. The lowest BCUT2D eigenvalue weighted by Gasteiger charge is -2.34. The van der Waals surface area contributed by atoms with Gasteiger partial charge in [0.15, 0.2) is 0 Å². The highest BCUT2D eigenvalue weighted by Crippen LogP contribution is 2.37. The van der Waals surface area contributed by atoms with Crippen LogP contribution in [0.5, 0.6) is 0 Å². The molecule has 1 aliphatic carbocycles. The predicted molar refractivity (Wildman–Crippen MR) is 75.5 cm³/mol. The zero-order chi connectivity index (χ0) is 14.2. The molecular formula is C16H23NO2. The van der Waals surface area contributed by atoms with Crippen molar-refractivity contribution in [3.05, 3.63) is 28.6 Å². The van der Waals surface area contributed by atoms with Crippen LogP contribution >= 0.6 is 0 Å². The number of aromatic carboxylic acids is 1. The lowest BCUT2D eigenvalue weighted by atomic mass is 9.71. The number of nitrogens with zero attached hydrogens (tertiary/aromatic N) is 1. The SMILES string of the molecule is CCc1nc2c(cc1C(=O)O)CC(C(C)(C)C)CC2. The van der Waals surface area contributed by atoms with Gasteiger partial charge in [-0.2, -0.15) is 0 Å². The number of fused-ring (bicyclic) bond motifs is 1. The summed E-state index contributed by atoms with van der Waals surface area (Å²) in [6, 6.07) is 1.86. The fourth-order valence-corrected chi connectivity index (χ4v) is 2.90. The zero-order valence-electron chi connectivity index (χ0n) is 12.3. The van der Waals surface area contributed by atoms with Crippen molar-refractivity contribution in [2.75, 3.05) is 0 Å². The molecule has 19 heavy (non-hydrogen) atoms. The number of aromatic nitrogens is 1. The van der Waals surface area contributed by atoms with Gasteiger partial charge >= 0.3 is 5.97 Å². The van der Waals surface area contributed by atoms with Crippen molar-refractivity contribution in [2.24, 2.45) is 11.3 Å². The number of carboxylic acids is 1. The van der Waals surface area contributed by atoms with Crippen LogP contribution in [0.1, 0.15) is 61.4 Å². The number of pyridine rings is 1. The zero-order valence-corrected chi connectivity index (χ0v) is 12.3. The Morgan fingerprint density at radius 2 is 2.16 bits per heavy atom. The molecule has 3 nitrogen and oxygen atoms in total. The van der Waals surface area contributed by atoms with E-state index in [9.17, 15) is 9.90 Å². The topological polar surface area (TPSA) is 50.2 Å². The number of hydrogen-bond donors (Lipinski definition) is 1. The first-order valence-corrected chi connectivity index (χ1v) is 7.08. The van der Waals surface area contributed by atoms with Gasteiger partial charge in [-0.05, 0) is 48.6 Å². The van der Waals surface area contributed by atoms with Gasteiger partial charge in [-0.3, -0.25) is 4.98 Å². The minimum atomic E-state index is -0.856. The van der Waals surface area contributed by atoms with Crippen LogP contribution < -0.4 is 0 Å². The summed E-state index contributed by atoms with van der Waals surface area (Å²) in [6.07, 6.45) is 3.76. The van der Waals surface area contributed by atoms with Crippen molar-refractivity contribution in [1.82, 2.24) is 4.98 Å². The van der Waals surface area contributed by atoms with Gasteiger partial charge in [-0.25, -0.2) is 4.79 Å². The maximum Gasteiger partial charge on any atom is 0.337 e. The van der Waals surface area contributed by atoms with Crippen molar-refractivity contribution in [1.29, 1.82) is 0 Å². The molecule has 1 unspecified atom stereocenters. The van der Waals surface area contributed by atoms with Crippen LogP contribution in [0.4, 0.5) is 0 Å². The van der Waals surface area contributed by atoms with Crippen LogP contribution in [0, 0.1) is 11.3 Å². The second-order valence-electron chi connectivity index (χ2n) is 6.55. The van der Waals surface area contributed by atoms with E-state index in [2.05, 4.69) is 25.8 Å². The number of carboxylic acid groups (broad SMARTS) is 1. The first kappa shape index (κ1) is 14.0. The van der Waals surface area contributed by atoms with Crippen LogP contribution in [0.15, 0.2) is 6.07 Å². The third-order valence-corrected chi connectivity index (χ3v) is 4.26. The molecule has 0 amide bonds. The van der Waals surface area contributed by atoms with E-state index in [1.165, 1.54) is 0 Å². The first-order chi connectivity index (χ1) is 8.82. The average Bonchev–Trinajstić information content (AvgIpc) is 2.35. The Balaban J connectivity index is 2.40. The average molecular weight is 261 g/mol. The molecule has 3 heteroatoms. The van der Waals surface area contributed by atoms with E-state index in [0.29, 0.717) is 17.9 Å². The highest BCUT2D eigenvalue weighted by Gasteiger charge is 2.30. The van der Waals surface area contributed by atoms with E-state index in [0.717, 1.165) is 36.2 Å². The largest absolute Gasteiger partial charge is 0.478 e. The molecule has 0 bridgehead atoms. The van der Waals surface area contributed by atoms with Gasteiger partial charge in [0, 0.05) is 5.69 Å². The molecule has 0 saturated carbocycles. The highest BCUT2D eigenvalue weighted by atomic mass is 16.4. The minimum absolute atomic E-state index is 0.268. The summed E-state index contributed by atoms with van der Waals surface area (Å²) in [4.78, 5) is 15.9. The van der Waals surface area contributed by atoms with Crippen LogP contribution in [-0.2, 0) is 19.3 Å². The standard InChI is InChI=1S/C16H23NO2/c1-5-13-12(15(18)19)9-10-8-11(16(2,3)4)6-7-14(10)17-13/h9,11H,5-8H2,1-4H3,(H,18,19). The van der Waals surface area contributed by atoms with Gasteiger partial charge in [-0.15, -0.1) is 0 Å². The van der Waals surface area contributed by atoms with E-state index < -0.39 is 5.97 Å². The molecule has 0 aromatic carbocycles. The molecule has 1 N–H and O–H groups in total. The summed E-state index contributed by atoms with van der Waals surface area (Å²) in [7, 11) is 0. The number of aryl methyl sites for hydroxylation is 2. The molecular weight excluding hydrogens is 238 g/mol. The molecule has 1 aliphatic rings. The third-order valence-electron chi connectivity index (χ3n) is 4.26.